The molecule has 76 valence electrons. The number of fused-ring (bicyclic) bond motifs is 3. The minimum atomic E-state index is 0.214. The molecule has 0 spiro atoms. The van der Waals surface area contributed by atoms with E-state index in [4.69, 9.17) is 5.11 Å². The maximum Gasteiger partial charge on any atom is 0.0449 e. The zero-order valence-corrected chi connectivity index (χ0v) is 8.42. The largest absolute Gasteiger partial charge is 0.396 e. The number of nitrogens with one attached hydrogen (secondary N) is 1. The van der Waals surface area contributed by atoms with E-state index in [1.165, 1.54) is 25.9 Å². The van der Waals surface area contributed by atoms with Gasteiger partial charge in [-0.3, -0.25) is 0 Å². The summed E-state index contributed by atoms with van der Waals surface area (Å²) in [5.74, 6) is 0.787. The van der Waals surface area contributed by atoms with Crippen LogP contribution < -0.4 is 5.32 Å². The number of aliphatic hydroxyl groups is 1. The average molecular weight is 184 g/mol. The van der Waals surface area contributed by atoms with Gasteiger partial charge in [0.1, 0.15) is 0 Å². The van der Waals surface area contributed by atoms with Gasteiger partial charge in [-0.2, -0.15) is 0 Å². The third-order valence-electron chi connectivity index (χ3n) is 3.93. The van der Waals surface area contributed by atoms with Crippen LogP contribution in [0.3, 0.4) is 0 Å². The number of aliphatic hydroxyl groups excluding tert-OH is 1. The molecule has 3 heterocycles. The molecule has 0 aromatic heterocycles. The van der Waals surface area contributed by atoms with Crippen LogP contribution in [-0.2, 0) is 0 Å². The van der Waals surface area contributed by atoms with Crippen molar-refractivity contribution in [2.45, 2.75) is 24.8 Å². The summed E-state index contributed by atoms with van der Waals surface area (Å²) < 4.78 is 0. The van der Waals surface area contributed by atoms with Gasteiger partial charge in [-0.25, -0.2) is 0 Å². The molecule has 0 aromatic rings. The molecule has 3 saturated heterocycles. The van der Waals surface area contributed by atoms with Gasteiger partial charge in [0.25, 0.3) is 0 Å². The number of rotatable bonds is 3. The van der Waals surface area contributed by atoms with Crippen LogP contribution in [0, 0.1) is 5.92 Å². The zero-order chi connectivity index (χ0) is 9.31. The lowest BCUT2D eigenvalue weighted by Gasteiger charge is -2.53. The zero-order valence-electron chi connectivity index (χ0n) is 8.42. The van der Waals surface area contributed by atoms with E-state index in [9.17, 15) is 0 Å². The first-order valence-electron chi connectivity index (χ1n) is 5.33. The summed E-state index contributed by atoms with van der Waals surface area (Å²) in [6.07, 6.45) is 3.52. The van der Waals surface area contributed by atoms with Crippen molar-refractivity contribution >= 4 is 0 Å². The van der Waals surface area contributed by atoms with Crippen LogP contribution in [0.4, 0.5) is 0 Å². The highest BCUT2D eigenvalue weighted by Crippen LogP contribution is 2.37. The fraction of sp³-hybridized carbons (Fsp3) is 1.00. The third-order valence-corrected chi connectivity index (χ3v) is 3.93. The Morgan fingerprint density at radius 3 is 2.54 bits per heavy atom. The summed E-state index contributed by atoms with van der Waals surface area (Å²) in [4.78, 5) is 2.52. The number of nitrogens with zero attached hydrogens (tertiary/aromatic N) is 1. The normalized spacial score (nSPS) is 43.8. The van der Waals surface area contributed by atoms with Crippen molar-refractivity contribution in [3.8, 4) is 0 Å². The molecule has 2 bridgehead atoms. The van der Waals surface area contributed by atoms with E-state index in [1.807, 2.05) is 7.05 Å². The van der Waals surface area contributed by atoms with E-state index in [1.54, 1.807) is 0 Å². The van der Waals surface area contributed by atoms with Crippen LogP contribution >= 0.6 is 0 Å². The molecule has 0 saturated carbocycles. The number of likely N-dealkylation sites (N-methyl/N-ethyl adjacent to an activating group) is 1. The van der Waals surface area contributed by atoms with Gasteiger partial charge < -0.3 is 15.3 Å². The van der Waals surface area contributed by atoms with E-state index >= 15 is 0 Å². The fourth-order valence-electron chi connectivity index (χ4n) is 3.06. The molecule has 3 aliphatic heterocycles. The SMILES string of the molecule is CNC1(CCO)CN2CCC1CC2. The smallest absolute Gasteiger partial charge is 0.0449 e. The lowest BCUT2D eigenvalue weighted by atomic mass is 9.71. The van der Waals surface area contributed by atoms with Crippen LogP contribution in [-0.4, -0.2) is 48.8 Å². The lowest BCUT2D eigenvalue weighted by Crippen LogP contribution is -2.65. The molecule has 1 unspecified atom stereocenters. The molecule has 3 nitrogen and oxygen atoms in total. The summed E-state index contributed by atoms with van der Waals surface area (Å²) in [6, 6.07) is 0. The minimum absolute atomic E-state index is 0.214. The molecule has 0 radical (unpaired) electrons. The van der Waals surface area contributed by atoms with Crippen molar-refractivity contribution in [3.63, 3.8) is 0 Å². The number of hydrogen-bond donors (Lipinski definition) is 2. The molecule has 3 aliphatic rings. The van der Waals surface area contributed by atoms with Crippen LogP contribution in [0.15, 0.2) is 0 Å². The van der Waals surface area contributed by atoms with Gasteiger partial charge in [0.05, 0.1) is 0 Å². The Hall–Kier alpha value is -0.120. The Balaban J connectivity index is 2.10. The lowest BCUT2D eigenvalue weighted by molar-refractivity contribution is -0.00285. The predicted octanol–water partition coefficient (Wildman–Crippen LogP) is 0.0526. The quantitative estimate of drug-likeness (QED) is 0.651. The van der Waals surface area contributed by atoms with Crippen molar-refractivity contribution < 1.29 is 5.11 Å². The summed E-state index contributed by atoms with van der Waals surface area (Å²) in [5.41, 5.74) is 0.214. The molecule has 0 amide bonds. The van der Waals surface area contributed by atoms with Crippen molar-refractivity contribution in [3.05, 3.63) is 0 Å². The van der Waals surface area contributed by atoms with Gasteiger partial charge in [-0.15, -0.1) is 0 Å². The highest BCUT2D eigenvalue weighted by molar-refractivity contribution is 5.03. The second kappa shape index (κ2) is 3.56. The molecule has 1 atom stereocenters. The second-order valence-electron chi connectivity index (χ2n) is 4.43. The number of hydrogen-bond acceptors (Lipinski definition) is 3. The standard InChI is InChI=1S/C10H20N2O/c1-11-10(4-7-13)8-12-5-2-9(10)3-6-12/h9,11,13H,2-8H2,1H3. The van der Waals surface area contributed by atoms with Gasteiger partial charge in [0, 0.05) is 18.7 Å². The summed E-state index contributed by atoms with van der Waals surface area (Å²) in [5, 5.41) is 12.5. The molecule has 2 N–H and O–H groups in total. The van der Waals surface area contributed by atoms with E-state index in [0.29, 0.717) is 6.61 Å². The van der Waals surface area contributed by atoms with Gasteiger partial charge in [0.2, 0.25) is 0 Å². The monoisotopic (exact) mass is 184 g/mol. The van der Waals surface area contributed by atoms with Gasteiger partial charge in [0.15, 0.2) is 0 Å². The van der Waals surface area contributed by atoms with E-state index in [2.05, 4.69) is 10.2 Å². The van der Waals surface area contributed by atoms with Crippen molar-refractivity contribution in [2.75, 3.05) is 33.3 Å². The molecule has 0 aromatic carbocycles. The maximum atomic E-state index is 9.08. The summed E-state index contributed by atoms with van der Waals surface area (Å²) in [6.45, 7) is 3.97. The Morgan fingerprint density at radius 1 is 1.46 bits per heavy atom. The number of piperidine rings is 3. The molecule has 13 heavy (non-hydrogen) atoms. The van der Waals surface area contributed by atoms with Crippen LogP contribution in [0.25, 0.3) is 0 Å². The van der Waals surface area contributed by atoms with E-state index in [0.717, 1.165) is 18.9 Å². The minimum Gasteiger partial charge on any atom is -0.396 e. The van der Waals surface area contributed by atoms with Crippen molar-refractivity contribution in [1.82, 2.24) is 10.2 Å². The van der Waals surface area contributed by atoms with Crippen molar-refractivity contribution in [2.24, 2.45) is 5.92 Å². The van der Waals surface area contributed by atoms with Crippen LogP contribution in [0.2, 0.25) is 0 Å². The Bertz CT molecular complexity index is 178. The first kappa shape index (κ1) is 9.44. The highest BCUT2D eigenvalue weighted by atomic mass is 16.3. The summed E-state index contributed by atoms with van der Waals surface area (Å²) in [7, 11) is 2.04. The third kappa shape index (κ3) is 1.49. The van der Waals surface area contributed by atoms with Gasteiger partial charge in [-0.05, 0) is 45.3 Å². The van der Waals surface area contributed by atoms with Crippen molar-refractivity contribution in [1.29, 1.82) is 0 Å². The molecule has 3 rings (SSSR count). The molecular weight excluding hydrogens is 164 g/mol. The summed E-state index contributed by atoms with van der Waals surface area (Å²) >= 11 is 0. The highest BCUT2D eigenvalue weighted by Gasteiger charge is 2.44. The van der Waals surface area contributed by atoms with Crippen LogP contribution in [0.5, 0.6) is 0 Å². The molecule has 0 aliphatic carbocycles. The fourth-order valence-corrected chi connectivity index (χ4v) is 3.06. The Labute approximate surface area is 80.1 Å². The van der Waals surface area contributed by atoms with Gasteiger partial charge >= 0.3 is 0 Å². The van der Waals surface area contributed by atoms with Gasteiger partial charge in [-0.1, -0.05) is 0 Å². The first-order valence-corrected chi connectivity index (χ1v) is 5.33. The van der Waals surface area contributed by atoms with Crippen LogP contribution in [0.1, 0.15) is 19.3 Å². The average Bonchev–Trinajstić information content (AvgIpc) is 2.20. The topological polar surface area (TPSA) is 35.5 Å². The first-order chi connectivity index (χ1) is 6.30. The Kier molecular flexibility index (Phi) is 2.58. The molecule has 3 heteroatoms. The predicted molar refractivity (Wildman–Crippen MR) is 52.7 cm³/mol. The van der Waals surface area contributed by atoms with E-state index < -0.39 is 0 Å². The molecular formula is C10H20N2O. The second-order valence-corrected chi connectivity index (χ2v) is 4.43. The maximum absolute atomic E-state index is 9.08. The van der Waals surface area contributed by atoms with E-state index in [-0.39, 0.29) is 5.54 Å². The Morgan fingerprint density at radius 2 is 2.15 bits per heavy atom. The molecule has 3 fully saturated rings.